The second-order valence-corrected chi connectivity index (χ2v) is 5.58. The van der Waals surface area contributed by atoms with Crippen LogP contribution in [-0.2, 0) is 0 Å². The normalized spacial score (nSPS) is 19.4. The molecule has 5 heteroatoms. The molecule has 1 aromatic carbocycles. The van der Waals surface area contributed by atoms with Crippen LogP contribution < -0.4 is 10.1 Å². The number of benzene rings is 1. The number of nitrogens with one attached hydrogen (secondary N) is 1. The maximum absolute atomic E-state index is 13.9. The van der Waals surface area contributed by atoms with E-state index in [9.17, 15) is 4.39 Å². The lowest BCUT2D eigenvalue weighted by molar-refractivity contribution is 0.131. The van der Waals surface area contributed by atoms with Crippen molar-refractivity contribution in [3.63, 3.8) is 0 Å². The molecule has 0 spiro atoms. The van der Waals surface area contributed by atoms with Crippen molar-refractivity contribution in [1.29, 1.82) is 0 Å². The van der Waals surface area contributed by atoms with Gasteiger partial charge in [-0.2, -0.15) is 0 Å². The van der Waals surface area contributed by atoms with Crippen LogP contribution in [0, 0.1) is 11.7 Å². The van der Waals surface area contributed by atoms with Crippen LogP contribution in [0.15, 0.2) is 42.6 Å². The molecule has 1 aliphatic rings. The van der Waals surface area contributed by atoms with E-state index in [-0.39, 0.29) is 17.0 Å². The lowest BCUT2D eigenvalue weighted by atomic mass is 9.95. The monoisotopic (exact) mass is 306 g/mol. The maximum Gasteiger partial charge on any atom is 0.251 e. The molecule has 1 fully saturated rings. The van der Waals surface area contributed by atoms with Gasteiger partial charge in [-0.05, 0) is 24.6 Å². The Labute approximate surface area is 128 Å². The number of pyridine rings is 1. The van der Waals surface area contributed by atoms with Crippen LogP contribution in [-0.4, -0.2) is 18.1 Å². The molecule has 2 heterocycles. The maximum atomic E-state index is 13.9. The van der Waals surface area contributed by atoms with E-state index in [1.165, 1.54) is 12.3 Å². The van der Waals surface area contributed by atoms with Crippen molar-refractivity contribution >= 4 is 11.6 Å². The van der Waals surface area contributed by atoms with E-state index in [4.69, 9.17) is 16.3 Å². The van der Waals surface area contributed by atoms with Gasteiger partial charge in [0.2, 0.25) is 0 Å². The van der Waals surface area contributed by atoms with Gasteiger partial charge in [0.1, 0.15) is 6.10 Å². The van der Waals surface area contributed by atoms with Crippen molar-refractivity contribution < 1.29 is 9.13 Å². The lowest BCUT2D eigenvalue weighted by Crippen LogP contribution is -2.22. The fraction of sp³-hybridized carbons (Fsp3) is 0.312. The zero-order chi connectivity index (χ0) is 14.7. The van der Waals surface area contributed by atoms with Crippen LogP contribution in [0.4, 0.5) is 4.39 Å². The third-order valence-corrected chi connectivity index (χ3v) is 3.87. The van der Waals surface area contributed by atoms with Gasteiger partial charge in [-0.15, -0.1) is 0 Å². The molecule has 2 aromatic rings. The molecule has 0 saturated carbocycles. The molecule has 1 saturated heterocycles. The summed E-state index contributed by atoms with van der Waals surface area (Å²) in [5.41, 5.74) is 1.03. The first-order valence-corrected chi connectivity index (χ1v) is 7.35. The first kappa shape index (κ1) is 14.3. The van der Waals surface area contributed by atoms with E-state index in [1.807, 2.05) is 30.3 Å². The summed E-state index contributed by atoms with van der Waals surface area (Å²) in [7, 11) is 0. The topological polar surface area (TPSA) is 34.1 Å². The highest BCUT2D eigenvalue weighted by atomic mass is 35.5. The Morgan fingerprint density at radius 3 is 2.81 bits per heavy atom. The molecule has 0 aliphatic carbocycles. The first-order valence-electron chi connectivity index (χ1n) is 6.97. The summed E-state index contributed by atoms with van der Waals surface area (Å²) in [6.07, 6.45) is 2.17. The van der Waals surface area contributed by atoms with Gasteiger partial charge >= 0.3 is 0 Å². The zero-order valence-electron chi connectivity index (χ0n) is 11.4. The highest BCUT2D eigenvalue weighted by molar-refractivity contribution is 6.30. The van der Waals surface area contributed by atoms with E-state index in [0.29, 0.717) is 5.92 Å². The smallest absolute Gasteiger partial charge is 0.251 e. The van der Waals surface area contributed by atoms with E-state index in [0.717, 1.165) is 25.1 Å². The predicted molar refractivity (Wildman–Crippen MR) is 80.0 cm³/mol. The predicted octanol–water partition coefficient (Wildman–Crippen LogP) is 3.60. The highest BCUT2D eigenvalue weighted by Crippen LogP contribution is 2.32. The molecular formula is C16H16ClFN2O. The van der Waals surface area contributed by atoms with E-state index in [1.54, 1.807) is 0 Å². The molecular weight excluding hydrogens is 291 g/mol. The number of halogens is 2. The molecule has 1 aromatic heterocycles. The minimum atomic E-state index is -0.533. The molecule has 1 aliphatic heterocycles. The van der Waals surface area contributed by atoms with E-state index < -0.39 is 5.82 Å². The van der Waals surface area contributed by atoms with E-state index in [2.05, 4.69) is 10.3 Å². The highest BCUT2D eigenvalue weighted by Gasteiger charge is 2.29. The molecule has 0 amide bonds. The average molecular weight is 307 g/mol. The largest absolute Gasteiger partial charge is 0.467 e. The number of nitrogens with zero attached hydrogens (tertiary/aromatic N) is 1. The minimum absolute atomic E-state index is 0.000142. The number of hydrogen-bond acceptors (Lipinski definition) is 3. The van der Waals surface area contributed by atoms with Crippen molar-refractivity contribution in [2.24, 2.45) is 5.92 Å². The summed E-state index contributed by atoms with van der Waals surface area (Å²) < 4.78 is 19.8. The Hall–Kier alpha value is -1.65. The fourth-order valence-electron chi connectivity index (χ4n) is 2.62. The second kappa shape index (κ2) is 6.41. The quantitative estimate of drug-likeness (QED) is 0.937. The fourth-order valence-corrected chi connectivity index (χ4v) is 2.77. The van der Waals surface area contributed by atoms with Crippen molar-refractivity contribution in [3.8, 4) is 5.88 Å². The second-order valence-electron chi connectivity index (χ2n) is 5.14. The Bertz CT molecular complexity index is 602. The van der Waals surface area contributed by atoms with E-state index >= 15 is 0 Å². The van der Waals surface area contributed by atoms with Gasteiger partial charge in [0.15, 0.2) is 5.82 Å². The molecule has 0 radical (unpaired) electrons. The molecule has 2 unspecified atom stereocenters. The average Bonchev–Trinajstić information content (AvgIpc) is 3.01. The van der Waals surface area contributed by atoms with Crippen molar-refractivity contribution in [2.75, 3.05) is 13.1 Å². The van der Waals surface area contributed by atoms with Crippen molar-refractivity contribution in [3.05, 3.63) is 59.0 Å². The Morgan fingerprint density at radius 1 is 1.33 bits per heavy atom. The van der Waals surface area contributed by atoms with Crippen LogP contribution in [0.1, 0.15) is 18.1 Å². The molecule has 21 heavy (non-hydrogen) atoms. The standard InChI is InChI=1S/C16H16ClFN2O/c17-13-8-14(18)16(20-10-13)21-15(12-6-7-19-9-12)11-4-2-1-3-5-11/h1-5,8,10,12,15,19H,6-7,9H2. The Balaban J connectivity index is 1.88. The molecule has 3 nitrogen and oxygen atoms in total. The van der Waals surface area contributed by atoms with Crippen LogP contribution >= 0.6 is 11.6 Å². The summed E-state index contributed by atoms with van der Waals surface area (Å²) in [6.45, 7) is 1.81. The van der Waals surface area contributed by atoms with Gasteiger partial charge in [0.05, 0.1) is 5.02 Å². The third kappa shape index (κ3) is 3.34. The molecule has 2 atom stereocenters. The Kier molecular flexibility index (Phi) is 4.36. The van der Waals surface area contributed by atoms with Gasteiger partial charge in [-0.1, -0.05) is 41.9 Å². The number of ether oxygens (including phenoxy) is 1. The summed E-state index contributed by atoms with van der Waals surface area (Å²) in [4.78, 5) is 3.96. The van der Waals surface area contributed by atoms with Crippen LogP contribution in [0.3, 0.4) is 0 Å². The molecule has 3 rings (SSSR count). The van der Waals surface area contributed by atoms with Gasteiger partial charge in [-0.3, -0.25) is 0 Å². The van der Waals surface area contributed by atoms with Gasteiger partial charge in [-0.25, -0.2) is 9.37 Å². The van der Waals surface area contributed by atoms with Gasteiger partial charge in [0.25, 0.3) is 5.88 Å². The molecule has 0 bridgehead atoms. The zero-order valence-corrected chi connectivity index (χ0v) is 12.2. The van der Waals surface area contributed by atoms with Crippen LogP contribution in [0.2, 0.25) is 5.02 Å². The summed E-state index contributed by atoms with van der Waals surface area (Å²) >= 11 is 5.73. The van der Waals surface area contributed by atoms with Crippen LogP contribution in [0.5, 0.6) is 5.88 Å². The number of hydrogen-bond donors (Lipinski definition) is 1. The summed E-state index contributed by atoms with van der Waals surface area (Å²) in [5, 5.41) is 3.58. The SMILES string of the molecule is Fc1cc(Cl)cnc1OC(c1ccccc1)C1CCNC1. The summed E-state index contributed by atoms with van der Waals surface area (Å²) in [6, 6.07) is 11.1. The lowest BCUT2D eigenvalue weighted by Gasteiger charge is -2.24. The van der Waals surface area contributed by atoms with Crippen molar-refractivity contribution in [1.82, 2.24) is 10.3 Å². The van der Waals surface area contributed by atoms with Crippen molar-refractivity contribution in [2.45, 2.75) is 12.5 Å². The number of aromatic nitrogens is 1. The third-order valence-electron chi connectivity index (χ3n) is 3.67. The van der Waals surface area contributed by atoms with Gasteiger partial charge in [0, 0.05) is 18.7 Å². The minimum Gasteiger partial charge on any atom is -0.467 e. The number of rotatable bonds is 4. The first-order chi connectivity index (χ1) is 10.2. The van der Waals surface area contributed by atoms with Gasteiger partial charge < -0.3 is 10.1 Å². The summed E-state index contributed by atoms with van der Waals surface area (Å²) in [5.74, 6) is -0.237. The molecule has 110 valence electrons. The molecule has 1 N–H and O–H groups in total. The Morgan fingerprint density at radius 2 is 2.14 bits per heavy atom. The van der Waals surface area contributed by atoms with Crippen LogP contribution in [0.25, 0.3) is 0 Å².